The van der Waals surface area contributed by atoms with Crippen molar-refractivity contribution in [2.24, 2.45) is 5.92 Å². The molecule has 2 atom stereocenters. The third-order valence-electron chi connectivity index (χ3n) is 3.20. The standard InChI is InChI=1S/C15H19FN2O2/c1-10(15(19)20)4-3-5-11(2)18-14-7-6-13(16)8-12(14)9-17/h6-8,10-11,18H,3-5H2,1-2H3,(H,19,20). The Morgan fingerprint density at radius 2 is 2.15 bits per heavy atom. The molecular weight excluding hydrogens is 259 g/mol. The van der Waals surface area contributed by atoms with E-state index in [1.807, 2.05) is 13.0 Å². The number of aliphatic carboxylic acids is 1. The highest BCUT2D eigenvalue weighted by Gasteiger charge is 2.12. The lowest BCUT2D eigenvalue weighted by Gasteiger charge is -2.16. The predicted octanol–water partition coefficient (Wildman–Crippen LogP) is 3.39. The van der Waals surface area contributed by atoms with Gasteiger partial charge in [0, 0.05) is 6.04 Å². The fourth-order valence-corrected chi connectivity index (χ4v) is 1.93. The number of nitrogens with one attached hydrogen (secondary N) is 1. The molecular formula is C15H19FN2O2. The first-order valence-corrected chi connectivity index (χ1v) is 6.63. The topological polar surface area (TPSA) is 73.1 Å². The quantitative estimate of drug-likeness (QED) is 0.801. The predicted molar refractivity (Wildman–Crippen MR) is 74.9 cm³/mol. The summed E-state index contributed by atoms with van der Waals surface area (Å²) in [4.78, 5) is 10.7. The third kappa shape index (κ3) is 4.88. The summed E-state index contributed by atoms with van der Waals surface area (Å²) in [6, 6.07) is 6.09. The monoisotopic (exact) mass is 278 g/mol. The molecule has 2 N–H and O–H groups in total. The molecule has 5 heteroatoms. The summed E-state index contributed by atoms with van der Waals surface area (Å²) in [5.74, 6) is -1.56. The Morgan fingerprint density at radius 3 is 2.75 bits per heavy atom. The lowest BCUT2D eigenvalue weighted by atomic mass is 10.0. The Balaban J connectivity index is 2.49. The van der Waals surface area contributed by atoms with E-state index < -0.39 is 11.8 Å². The van der Waals surface area contributed by atoms with Crippen molar-refractivity contribution >= 4 is 11.7 Å². The van der Waals surface area contributed by atoms with Crippen molar-refractivity contribution in [1.29, 1.82) is 5.26 Å². The van der Waals surface area contributed by atoms with Gasteiger partial charge in [-0.2, -0.15) is 5.26 Å². The number of hydrogen-bond donors (Lipinski definition) is 2. The summed E-state index contributed by atoms with van der Waals surface area (Å²) in [5.41, 5.74) is 0.878. The van der Waals surface area contributed by atoms with Crippen molar-refractivity contribution in [2.75, 3.05) is 5.32 Å². The van der Waals surface area contributed by atoms with E-state index in [4.69, 9.17) is 10.4 Å². The SMILES string of the molecule is CC(CCCC(C)C(=O)O)Nc1ccc(F)cc1C#N. The normalized spacial score (nSPS) is 13.3. The highest BCUT2D eigenvalue weighted by molar-refractivity contribution is 5.69. The van der Waals surface area contributed by atoms with Gasteiger partial charge in [-0.05, 0) is 38.0 Å². The first kappa shape index (κ1) is 16.0. The largest absolute Gasteiger partial charge is 0.481 e. The highest BCUT2D eigenvalue weighted by atomic mass is 19.1. The Labute approximate surface area is 118 Å². The molecule has 1 rings (SSSR count). The Kier molecular flexibility index (Phi) is 5.98. The van der Waals surface area contributed by atoms with Gasteiger partial charge in [0.2, 0.25) is 0 Å². The number of rotatable bonds is 7. The van der Waals surface area contributed by atoms with E-state index in [0.29, 0.717) is 12.1 Å². The summed E-state index contributed by atoms with van der Waals surface area (Å²) >= 11 is 0. The molecule has 0 aliphatic heterocycles. The molecule has 0 saturated heterocycles. The maximum absolute atomic E-state index is 13.0. The molecule has 0 aliphatic rings. The van der Waals surface area contributed by atoms with Gasteiger partial charge in [0.15, 0.2) is 0 Å². The summed E-state index contributed by atoms with van der Waals surface area (Å²) < 4.78 is 13.0. The highest BCUT2D eigenvalue weighted by Crippen LogP contribution is 2.19. The lowest BCUT2D eigenvalue weighted by molar-refractivity contribution is -0.141. The first-order valence-electron chi connectivity index (χ1n) is 6.63. The van der Waals surface area contributed by atoms with Crippen LogP contribution in [0.3, 0.4) is 0 Å². The molecule has 1 aromatic carbocycles. The number of carboxylic acid groups (broad SMARTS) is 1. The number of anilines is 1. The zero-order valence-corrected chi connectivity index (χ0v) is 11.7. The van der Waals surface area contributed by atoms with Crippen LogP contribution in [0.1, 0.15) is 38.7 Å². The van der Waals surface area contributed by atoms with Gasteiger partial charge in [0.05, 0.1) is 17.2 Å². The second-order valence-electron chi connectivity index (χ2n) is 5.02. The van der Waals surface area contributed by atoms with Gasteiger partial charge >= 0.3 is 5.97 Å². The van der Waals surface area contributed by atoms with Crippen LogP contribution in [0.15, 0.2) is 18.2 Å². The molecule has 0 saturated carbocycles. The van der Waals surface area contributed by atoms with Crippen LogP contribution in [0, 0.1) is 23.1 Å². The molecule has 1 aromatic rings. The number of hydrogen-bond acceptors (Lipinski definition) is 3. The zero-order chi connectivity index (χ0) is 15.1. The van der Waals surface area contributed by atoms with Crippen LogP contribution in [-0.2, 0) is 4.79 Å². The van der Waals surface area contributed by atoms with Crippen LogP contribution in [0.25, 0.3) is 0 Å². The smallest absolute Gasteiger partial charge is 0.306 e. The summed E-state index contributed by atoms with van der Waals surface area (Å²) in [7, 11) is 0. The van der Waals surface area contributed by atoms with E-state index in [-0.39, 0.29) is 17.5 Å². The van der Waals surface area contributed by atoms with Crippen LogP contribution in [0.5, 0.6) is 0 Å². The van der Waals surface area contributed by atoms with Crippen LogP contribution in [0.4, 0.5) is 10.1 Å². The number of carboxylic acids is 1. The molecule has 2 unspecified atom stereocenters. The fourth-order valence-electron chi connectivity index (χ4n) is 1.93. The van der Waals surface area contributed by atoms with Crippen molar-refractivity contribution in [3.8, 4) is 6.07 Å². The molecule has 4 nitrogen and oxygen atoms in total. The van der Waals surface area contributed by atoms with Gasteiger partial charge in [-0.15, -0.1) is 0 Å². The van der Waals surface area contributed by atoms with Gasteiger partial charge in [0.25, 0.3) is 0 Å². The lowest BCUT2D eigenvalue weighted by Crippen LogP contribution is -2.17. The molecule has 0 aliphatic carbocycles. The second kappa shape index (κ2) is 7.49. The van der Waals surface area contributed by atoms with Gasteiger partial charge in [-0.25, -0.2) is 4.39 Å². The molecule has 0 spiro atoms. The fraction of sp³-hybridized carbons (Fsp3) is 0.467. The average Bonchev–Trinajstić information content (AvgIpc) is 2.40. The van der Waals surface area contributed by atoms with Crippen molar-refractivity contribution in [1.82, 2.24) is 0 Å². The third-order valence-corrected chi connectivity index (χ3v) is 3.20. The number of carbonyl (C=O) groups is 1. The molecule has 0 aromatic heterocycles. The van der Waals surface area contributed by atoms with Crippen LogP contribution in [0.2, 0.25) is 0 Å². The van der Waals surface area contributed by atoms with Crippen LogP contribution < -0.4 is 5.32 Å². The van der Waals surface area contributed by atoms with Crippen molar-refractivity contribution < 1.29 is 14.3 Å². The molecule has 0 heterocycles. The second-order valence-corrected chi connectivity index (χ2v) is 5.02. The van der Waals surface area contributed by atoms with Gasteiger partial charge < -0.3 is 10.4 Å². The molecule has 0 amide bonds. The van der Waals surface area contributed by atoms with E-state index in [1.165, 1.54) is 12.1 Å². The number of benzene rings is 1. The van der Waals surface area contributed by atoms with E-state index >= 15 is 0 Å². The van der Waals surface area contributed by atoms with Crippen LogP contribution in [-0.4, -0.2) is 17.1 Å². The number of nitrogens with zero attached hydrogens (tertiary/aromatic N) is 1. The molecule has 0 radical (unpaired) electrons. The Hall–Kier alpha value is -2.09. The van der Waals surface area contributed by atoms with Gasteiger partial charge in [-0.3, -0.25) is 4.79 Å². The van der Waals surface area contributed by atoms with E-state index in [9.17, 15) is 9.18 Å². The maximum atomic E-state index is 13.0. The minimum absolute atomic E-state index is 0.0913. The molecule has 0 fully saturated rings. The summed E-state index contributed by atoms with van der Waals surface area (Å²) in [6.07, 6.45) is 2.19. The van der Waals surface area contributed by atoms with Gasteiger partial charge in [-0.1, -0.05) is 13.3 Å². The minimum atomic E-state index is -0.782. The van der Waals surface area contributed by atoms with Crippen molar-refractivity contribution in [3.05, 3.63) is 29.6 Å². The van der Waals surface area contributed by atoms with E-state index in [0.717, 1.165) is 12.8 Å². The van der Waals surface area contributed by atoms with Crippen molar-refractivity contribution in [2.45, 2.75) is 39.2 Å². The minimum Gasteiger partial charge on any atom is -0.481 e. The molecule has 20 heavy (non-hydrogen) atoms. The van der Waals surface area contributed by atoms with Gasteiger partial charge in [0.1, 0.15) is 11.9 Å². The molecule has 108 valence electrons. The molecule has 0 bridgehead atoms. The van der Waals surface area contributed by atoms with Crippen molar-refractivity contribution in [3.63, 3.8) is 0 Å². The van der Waals surface area contributed by atoms with E-state index in [2.05, 4.69) is 5.32 Å². The average molecular weight is 278 g/mol. The zero-order valence-electron chi connectivity index (χ0n) is 11.7. The number of halogens is 1. The Morgan fingerprint density at radius 1 is 1.45 bits per heavy atom. The maximum Gasteiger partial charge on any atom is 0.306 e. The number of nitriles is 1. The van der Waals surface area contributed by atoms with E-state index in [1.54, 1.807) is 13.0 Å². The summed E-state index contributed by atoms with van der Waals surface area (Å²) in [5, 5.41) is 20.9. The Bertz CT molecular complexity index is 511. The van der Waals surface area contributed by atoms with Crippen LogP contribution >= 0.6 is 0 Å². The first-order chi connectivity index (χ1) is 9.43. The summed E-state index contributed by atoms with van der Waals surface area (Å²) in [6.45, 7) is 3.64.